The molecular formula is C65H48N6O3. The summed E-state index contributed by atoms with van der Waals surface area (Å²) in [5.74, 6) is 5.35. The van der Waals surface area contributed by atoms with Gasteiger partial charge in [-0.1, -0.05) is 105 Å². The highest BCUT2D eigenvalue weighted by molar-refractivity contribution is 5.87. The summed E-state index contributed by atoms with van der Waals surface area (Å²) in [6.45, 7) is 4.00. The number of benzene rings is 7. The molecule has 356 valence electrons. The second-order valence-electron chi connectivity index (χ2n) is 19.4. The quantitative estimate of drug-likeness (QED) is 0.162. The lowest BCUT2D eigenvalue weighted by molar-refractivity contribution is 0.233. The van der Waals surface area contributed by atoms with E-state index in [1.165, 1.54) is 33.4 Å². The van der Waals surface area contributed by atoms with E-state index in [9.17, 15) is 0 Å². The Morgan fingerprint density at radius 2 is 0.649 bits per heavy atom. The molecule has 9 nitrogen and oxygen atoms in total. The fraction of sp³-hybridized carbons (Fsp3) is 0.123. The molecule has 6 aliphatic rings. The van der Waals surface area contributed by atoms with Crippen molar-refractivity contribution in [1.82, 2.24) is 15.0 Å². The fourth-order valence-corrected chi connectivity index (χ4v) is 12.6. The Balaban J connectivity index is 0.00000239. The highest BCUT2D eigenvalue weighted by Crippen LogP contribution is 2.58. The molecule has 7 aromatic carbocycles. The molecule has 0 amide bonds. The summed E-state index contributed by atoms with van der Waals surface area (Å²) in [5, 5.41) is 0. The number of rotatable bonds is 6. The lowest BCUT2D eigenvalue weighted by Crippen LogP contribution is -2.32. The summed E-state index contributed by atoms with van der Waals surface area (Å²) in [7, 11) is 0. The molecule has 0 radical (unpaired) electrons. The zero-order valence-electron chi connectivity index (χ0n) is 40.7. The van der Waals surface area contributed by atoms with Crippen molar-refractivity contribution in [3.63, 3.8) is 0 Å². The number of para-hydroxylation sites is 3. The van der Waals surface area contributed by atoms with Crippen LogP contribution in [0.25, 0.3) is 33.4 Å². The van der Waals surface area contributed by atoms with Crippen molar-refractivity contribution in [3.8, 4) is 50.6 Å². The molecule has 0 fully saturated rings. The Morgan fingerprint density at radius 3 is 1.09 bits per heavy atom. The zero-order chi connectivity index (χ0) is 49.0. The molecule has 0 spiro atoms. The van der Waals surface area contributed by atoms with Crippen LogP contribution < -0.4 is 28.9 Å². The molecule has 3 aromatic heterocycles. The molecule has 6 atom stereocenters. The lowest BCUT2D eigenvalue weighted by Gasteiger charge is -2.25. The normalized spacial score (nSPS) is 20.3. The van der Waals surface area contributed by atoms with Crippen molar-refractivity contribution in [2.24, 2.45) is 0 Å². The Labute approximate surface area is 429 Å². The van der Waals surface area contributed by atoms with Gasteiger partial charge in [-0.15, -0.1) is 0 Å². The van der Waals surface area contributed by atoms with Crippen molar-refractivity contribution >= 4 is 34.5 Å². The van der Waals surface area contributed by atoms with Crippen molar-refractivity contribution in [2.45, 2.75) is 50.3 Å². The number of aromatic nitrogens is 3. The number of nitrogens with zero attached hydrogens (tertiary/aromatic N) is 6. The predicted molar refractivity (Wildman–Crippen MR) is 291 cm³/mol. The Kier molecular flexibility index (Phi) is 9.57. The van der Waals surface area contributed by atoms with E-state index >= 15 is 0 Å². The second-order valence-corrected chi connectivity index (χ2v) is 19.4. The van der Waals surface area contributed by atoms with Gasteiger partial charge in [0.15, 0.2) is 18.7 Å². The van der Waals surface area contributed by atoms with Gasteiger partial charge in [0.1, 0.15) is 34.7 Å². The van der Waals surface area contributed by atoms with Crippen LogP contribution in [0.2, 0.25) is 0 Å². The average Bonchev–Trinajstić information content (AvgIpc) is 4.32. The van der Waals surface area contributed by atoms with E-state index in [4.69, 9.17) is 29.2 Å². The molecule has 6 aliphatic heterocycles. The number of ether oxygens (including phenoxy) is 3. The summed E-state index contributed by atoms with van der Waals surface area (Å²) in [4.78, 5) is 21.2. The van der Waals surface area contributed by atoms with E-state index in [2.05, 4.69) is 178 Å². The third-order valence-electron chi connectivity index (χ3n) is 15.6. The third-order valence-corrected chi connectivity index (χ3v) is 15.6. The highest BCUT2D eigenvalue weighted by Gasteiger charge is 2.50. The maximum absolute atomic E-state index is 6.89. The van der Waals surface area contributed by atoms with Crippen molar-refractivity contribution in [3.05, 3.63) is 252 Å². The van der Waals surface area contributed by atoms with Gasteiger partial charge < -0.3 is 14.2 Å². The average molecular weight is 961 g/mol. The van der Waals surface area contributed by atoms with Crippen molar-refractivity contribution in [2.75, 3.05) is 14.7 Å². The summed E-state index contributed by atoms with van der Waals surface area (Å²) < 4.78 is 20.4. The van der Waals surface area contributed by atoms with E-state index in [-0.39, 0.29) is 36.4 Å². The minimum absolute atomic E-state index is 0.00670. The van der Waals surface area contributed by atoms with Gasteiger partial charge in [-0.25, -0.2) is 15.0 Å². The molecule has 0 bridgehead atoms. The SMILES string of the molecule is CC.c1ccc(N2c3ccccc3C3c4cc(-c5cc(-c6ccc7c(c6)C6c8ccccc8OC6N7c6ccccn6)cc(-c6ccc7c(c6)C6c8ccccc8OC6N7c6ccccn6)c5)ccc4OC32)nc1. The standard InChI is InChI=1S/C63H42N6O3.C2H6/c1-4-16-49-43(13-1)58-48-36-39(24-27-54(48)72-61(58)67(49)55-19-7-10-28-64-55)42-32-40(37-22-25-50-46(34-37)59-44-14-2-5-17-52(44)70-62(59)68(50)56-20-8-11-29-65-56)31-41(33-42)38-23-26-51-47(35-38)60-45-15-3-6-18-53(45)71-63(60)69(51)57-21-9-12-30-66-57;1-2/h1-36,58-63H;1-2H3. The molecule has 6 unspecified atom stereocenters. The third kappa shape index (κ3) is 6.32. The van der Waals surface area contributed by atoms with Crippen LogP contribution in [0.4, 0.5) is 34.5 Å². The molecule has 9 heterocycles. The Morgan fingerprint density at radius 1 is 0.297 bits per heavy atom. The first kappa shape index (κ1) is 42.5. The van der Waals surface area contributed by atoms with Crippen molar-refractivity contribution < 1.29 is 14.2 Å². The van der Waals surface area contributed by atoms with Gasteiger partial charge in [0.05, 0.1) is 34.8 Å². The van der Waals surface area contributed by atoms with Gasteiger partial charge in [0, 0.05) is 35.3 Å². The van der Waals surface area contributed by atoms with Crippen LogP contribution in [0.1, 0.15) is 65.0 Å². The van der Waals surface area contributed by atoms with Gasteiger partial charge >= 0.3 is 0 Å². The summed E-state index contributed by atoms with van der Waals surface area (Å²) in [5.41, 5.74) is 17.3. The van der Waals surface area contributed by atoms with Gasteiger partial charge in [-0.05, 0) is 159 Å². The molecular weight excluding hydrogens is 913 g/mol. The van der Waals surface area contributed by atoms with Crippen LogP contribution in [0.15, 0.2) is 219 Å². The Hall–Kier alpha value is -9.21. The van der Waals surface area contributed by atoms with E-state index < -0.39 is 0 Å². The van der Waals surface area contributed by atoms with E-state index in [1.807, 2.05) is 68.8 Å². The highest BCUT2D eigenvalue weighted by atomic mass is 16.5. The summed E-state index contributed by atoms with van der Waals surface area (Å²) in [6.07, 6.45) is 4.81. The molecule has 9 heteroatoms. The molecule has 0 saturated carbocycles. The number of pyridine rings is 3. The molecule has 74 heavy (non-hydrogen) atoms. The number of fused-ring (bicyclic) bond motifs is 15. The van der Waals surface area contributed by atoms with Crippen LogP contribution in [0, 0.1) is 0 Å². The summed E-state index contributed by atoms with van der Waals surface area (Å²) >= 11 is 0. The largest absolute Gasteiger partial charge is 0.469 e. The van der Waals surface area contributed by atoms with Crippen LogP contribution in [0.5, 0.6) is 17.2 Å². The number of anilines is 6. The molecule has 10 aromatic rings. The van der Waals surface area contributed by atoms with Gasteiger partial charge in [0.2, 0.25) is 0 Å². The van der Waals surface area contributed by atoms with Gasteiger partial charge in [-0.2, -0.15) is 0 Å². The maximum Gasteiger partial charge on any atom is 0.188 e. The smallest absolute Gasteiger partial charge is 0.188 e. The predicted octanol–water partition coefficient (Wildman–Crippen LogP) is 14.9. The van der Waals surface area contributed by atoms with Crippen LogP contribution in [0.3, 0.4) is 0 Å². The minimum atomic E-state index is -0.249. The van der Waals surface area contributed by atoms with Crippen LogP contribution in [-0.4, -0.2) is 33.6 Å². The number of hydrogen-bond acceptors (Lipinski definition) is 9. The molecule has 0 N–H and O–H groups in total. The van der Waals surface area contributed by atoms with Gasteiger partial charge in [0.25, 0.3) is 0 Å². The lowest BCUT2D eigenvalue weighted by atomic mass is 9.87. The van der Waals surface area contributed by atoms with Crippen LogP contribution >= 0.6 is 0 Å². The zero-order valence-corrected chi connectivity index (χ0v) is 40.7. The second kappa shape index (κ2) is 16.7. The van der Waals surface area contributed by atoms with Crippen LogP contribution in [-0.2, 0) is 0 Å². The van der Waals surface area contributed by atoms with E-state index in [0.717, 1.165) is 85.1 Å². The number of hydrogen-bond donors (Lipinski definition) is 0. The van der Waals surface area contributed by atoms with Gasteiger partial charge in [-0.3, -0.25) is 14.7 Å². The van der Waals surface area contributed by atoms with E-state index in [1.54, 1.807) is 0 Å². The molecule has 0 aliphatic carbocycles. The summed E-state index contributed by atoms with van der Waals surface area (Å²) in [6, 6.07) is 71.4. The minimum Gasteiger partial charge on any atom is -0.469 e. The van der Waals surface area contributed by atoms with Crippen molar-refractivity contribution in [1.29, 1.82) is 0 Å². The maximum atomic E-state index is 6.89. The molecule has 16 rings (SSSR count). The first-order valence-electron chi connectivity index (χ1n) is 25.7. The first-order valence-corrected chi connectivity index (χ1v) is 25.7. The monoisotopic (exact) mass is 960 g/mol. The topological polar surface area (TPSA) is 76.1 Å². The first-order chi connectivity index (χ1) is 36.7. The molecule has 0 saturated heterocycles. The van der Waals surface area contributed by atoms with E-state index in [0.29, 0.717) is 0 Å². The fourth-order valence-electron chi connectivity index (χ4n) is 12.6. The Bertz CT molecular complexity index is 3660.